The normalized spacial score (nSPS) is 10.6. The number of halogens is 1. The van der Waals surface area contributed by atoms with Crippen LogP contribution < -0.4 is 9.47 Å². The predicted molar refractivity (Wildman–Crippen MR) is 116 cm³/mol. The fraction of sp³-hybridized carbons (Fsp3) is 0.0400. The lowest BCUT2D eigenvalue weighted by Crippen LogP contribution is -2.02. The van der Waals surface area contributed by atoms with Crippen molar-refractivity contribution in [1.82, 2.24) is 0 Å². The summed E-state index contributed by atoms with van der Waals surface area (Å²) < 4.78 is 29.5. The second kappa shape index (κ2) is 9.54. The first-order valence-corrected chi connectivity index (χ1v) is 9.23. The number of hydrogen-bond donors (Lipinski definition) is 0. The fourth-order valence-electron chi connectivity index (χ4n) is 2.69. The molecule has 3 aromatic rings. The van der Waals surface area contributed by atoms with Crippen LogP contribution in [0.15, 0.2) is 91.9 Å². The standard InChI is InChI=1S/C25H19FO5/c1-4-24(27)31-21-9-7-18-13-17(5-6-19(18)14-21)20-8-10-23(22(26)15-20)29-11-12-30-25(28)16(2)3/h4-15H,1-2H2,3H3/b12-11-. The summed E-state index contributed by atoms with van der Waals surface area (Å²) in [6.07, 6.45) is 3.19. The zero-order chi connectivity index (χ0) is 22.4. The van der Waals surface area contributed by atoms with Gasteiger partial charge in [0.2, 0.25) is 0 Å². The third kappa shape index (κ3) is 5.45. The van der Waals surface area contributed by atoms with Gasteiger partial charge in [-0.05, 0) is 59.2 Å². The number of rotatable bonds is 7. The molecular weight excluding hydrogens is 399 g/mol. The van der Waals surface area contributed by atoms with Crippen molar-refractivity contribution in [3.8, 4) is 22.6 Å². The highest BCUT2D eigenvalue weighted by Gasteiger charge is 2.08. The van der Waals surface area contributed by atoms with Gasteiger partial charge < -0.3 is 14.2 Å². The minimum atomic E-state index is -0.599. The topological polar surface area (TPSA) is 61.8 Å². The van der Waals surface area contributed by atoms with Gasteiger partial charge in [-0.25, -0.2) is 14.0 Å². The van der Waals surface area contributed by atoms with E-state index in [4.69, 9.17) is 14.2 Å². The van der Waals surface area contributed by atoms with Crippen LogP contribution in [0.4, 0.5) is 4.39 Å². The van der Waals surface area contributed by atoms with E-state index in [1.807, 2.05) is 24.3 Å². The van der Waals surface area contributed by atoms with E-state index in [9.17, 15) is 14.0 Å². The number of ether oxygens (including phenoxy) is 3. The first kappa shape index (κ1) is 21.5. The van der Waals surface area contributed by atoms with Crippen LogP contribution in [0.3, 0.4) is 0 Å². The van der Waals surface area contributed by atoms with Crippen molar-refractivity contribution in [3.63, 3.8) is 0 Å². The average Bonchev–Trinajstić information content (AvgIpc) is 2.76. The lowest BCUT2D eigenvalue weighted by molar-refractivity contribution is -0.133. The van der Waals surface area contributed by atoms with Crippen molar-refractivity contribution >= 4 is 22.7 Å². The molecule has 0 spiro atoms. The largest absolute Gasteiger partial charge is 0.459 e. The Morgan fingerprint density at radius 1 is 0.935 bits per heavy atom. The quantitative estimate of drug-likeness (QED) is 0.213. The maximum atomic E-state index is 14.4. The van der Waals surface area contributed by atoms with Crippen LogP contribution in [-0.2, 0) is 14.3 Å². The Balaban J connectivity index is 1.75. The summed E-state index contributed by atoms with van der Waals surface area (Å²) in [5.41, 5.74) is 1.70. The first-order valence-electron chi connectivity index (χ1n) is 9.23. The predicted octanol–water partition coefficient (Wildman–Crippen LogP) is 5.71. The van der Waals surface area contributed by atoms with E-state index in [0.717, 1.165) is 34.9 Å². The third-order valence-corrected chi connectivity index (χ3v) is 4.24. The van der Waals surface area contributed by atoms with E-state index in [1.54, 1.807) is 18.2 Å². The Labute approximate surface area is 178 Å². The molecule has 0 radical (unpaired) electrons. The number of fused-ring (bicyclic) bond motifs is 1. The number of carbonyl (C=O) groups excluding carboxylic acids is 2. The molecule has 0 amide bonds. The summed E-state index contributed by atoms with van der Waals surface area (Å²) in [6, 6.07) is 15.4. The van der Waals surface area contributed by atoms with Crippen molar-refractivity contribution < 1.29 is 28.2 Å². The van der Waals surface area contributed by atoms with E-state index in [0.29, 0.717) is 11.3 Å². The van der Waals surface area contributed by atoms with Gasteiger partial charge in [0.1, 0.15) is 18.3 Å². The van der Waals surface area contributed by atoms with E-state index in [1.165, 1.54) is 19.1 Å². The molecule has 6 heteroatoms. The van der Waals surface area contributed by atoms with Crippen molar-refractivity contribution in [1.29, 1.82) is 0 Å². The Hall–Kier alpha value is -4.19. The highest BCUT2D eigenvalue weighted by atomic mass is 19.1. The third-order valence-electron chi connectivity index (χ3n) is 4.24. The lowest BCUT2D eigenvalue weighted by atomic mass is 10.0. The molecule has 0 aliphatic heterocycles. The minimum absolute atomic E-state index is 0.0131. The lowest BCUT2D eigenvalue weighted by Gasteiger charge is -2.08. The van der Waals surface area contributed by atoms with E-state index >= 15 is 0 Å². The van der Waals surface area contributed by atoms with Crippen molar-refractivity contribution in [3.05, 3.63) is 97.7 Å². The van der Waals surface area contributed by atoms with Gasteiger partial charge in [-0.3, -0.25) is 0 Å². The van der Waals surface area contributed by atoms with Crippen molar-refractivity contribution in [2.24, 2.45) is 0 Å². The summed E-state index contributed by atoms with van der Waals surface area (Å²) in [7, 11) is 0. The van der Waals surface area contributed by atoms with Crippen LogP contribution in [0.25, 0.3) is 21.9 Å². The summed E-state index contributed by atoms with van der Waals surface area (Å²) in [6.45, 7) is 8.33. The minimum Gasteiger partial charge on any atom is -0.459 e. The summed E-state index contributed by atoms with van der Waals surface area (Å²) in [4.78, 5) is 22.6. The second-order valence-electron chi connectivity index (χ2n) is 6.57. The molecule has 0 atom stereocenters. The molecule has 156 valence electrons. The van der Waals surface area contributed by atoms with Crippen LogP contribution in [0, 0.1) is 5.82 Å². The Morgan fingerprint density at radius 2 is 1.61 bits per heavy atom. The maximum Gasteiger partial charge on any atom is 0.338 e. The summed E-state index contributed by atoms with van der Waals surface area (Å²) in [5, 5.41) is 1.77. The molecule has 31 heavy (non-hydrogen) atoms. The van der Waals surface area contributed by atoms with Gasteiger partial charge in [0.15, 0.2) is 11.6 Å². The SMILES string of the molecule is C=CC(=O)Oc1ccc2cc(-c3ccc(O/C=C\OC(=O)C(=C)C)c(F)c3)ccc2c1. The first-order chi connectivity index (χ1) is 14.9. The molecule has 3 aromatic carbocycles. The van der Waals surface area contributed by atoms with Crippen LogP contribution in [0.1, 0.15) is 6.92 Å². The molecule has 0 saturated heterocycles. The molecule has 0 aliphatic carbocycles. The second-order valence-corrected chi connectivity index (χ2v) is 6.57. The molecule has 0 aromatic heterocycles. The zero-order valence-corrected chi connectivity index (χ0v) is 16.8. The molecule has 3 rings (SSSR count). The Morgan fingerprint density at radius 3 is 2.32 bits per heavy atom. The number of esters is 2. The Bertz CT molecular complexity index is 1210. The number of carbonyl (C=O) groups is 2. The van der Waals surface area contributed by atoms with Gasteiger partial charge in [-0.1, -0.05) is 37.4 Å². The van der Waals surface area contributed by atoms with Gasteiger partial charge >= 0.3 is 11.9 Å². The molecule has 0 bridgehead atoms. The average molecular weight is 418 g/mol. The van der Waals surface area contributed by atoms with Gasteiger partial charge in [0.25, 0.3) is 0 Å². The molecule has 0 unspecified atom stereocenters. The van der Waals surface area contributed by atoms with Crippen LogP contribution in [0.5, 0.6) is 11.5 Å². The summed E-state index contributed by atoms with van der Waals surface area (Å²) >= 11 is 0. The molecule has 0 fully saturated rings. The number of hydrogen-bond acceptors (Lipinski definition) is 5. The highest BCUT2D eigenvalue weighted by Crippen LogP contribution is 2.30. The zero-order valence-electron chi connectivity index (χ0n) is 16.8. The van der Waals surface area contributed by atoms with Gasteiger partial charge in [-0.2, -0.15) is 0 Å². The molecule has 0 heterocycles. The molecule has 0 N–H and O–H groups in total. The highest BCUT2D eigenvalue weighted by molar-refractivity contribution is 5.90. The van der Waals surface area contributed by atoms with Crippen LogP contribution in [-0.4, -0.2) is 11.9 Å². The summed E-state index contributed by atoms with van der Waals surface area (Å²) in [5.74, 6) is -1.30. The van der Waals surface area contributed by atoms with Gasteiger partial charge in [0.05, 0.1) is 0 Å². The fourth-order valence-corrected chi connectivity index (χ4v) is 2.69. The Kier molecular flexibility index (Phi) is 6.62. The van der Waals surface area contributed by atoms with Gasteiger partial charge in [-0.15, -0.1) is 0 Å². The van der Waals surface area contributed by atoms with Crippen LogP contribution >= 0.6 is 0 Å². The maximum absolute atomic E-state index is 14.4. The van der Waals surface area contributed by atoms with Gasteiger partial charge in [0, 0.05) is 11.6 Å². The van der Waals surface area contributed by atoms with Crippen molar-refractivity contribution in [2.75, 3.05) is 0 Å². The van der Waals surface area contributed by atoms with E-state index in [2.05, 4.69) is 13.2 Å². The van der Waals surface area contributed by atoms with Crippen LogP contribution in [0.2, 0.25) is 0 Å². The smallest absolute Gasteiger partial charge is 0.338 e. The number of benzene rings is 3. The molecular formula is C25H19FO5. The van der Waals surface area contributed by atoms with E-state index < -0.39 is 17.8 Å². The van der Waals surface area contributed by atoms with E-state index in [-0.39, 0.29) is 11.3 Å². The molecule has 0 aliphatic rings. The molecule has 0 saturated carbocycles. The van der Waals surface area contributed by atoms with Crippen molar-refractivity contribution in [2.45, 2.75) is 6.92 Å². The molecule has 5 nitrogen and oxygen atoms in total. The monoisotopic (exact) mass is 418 g/mol.